The van der Waals surface area contributed by atoms with Crippen LogP contribution in [-0.2, 0) is 4.79 Å². The van der Waals surface area contributed by atoms with Crippen LogP contribution >= 0.6 is 0 Å². The molecule has 0 spiro atoms. The molecule has 2 heteroatoms. The van der Waals surface area contributed by atoms with Gasteiger partial charge in [-0.1, -0.05) is 162 Å². The SMILES string of the molecule is CC(C)CCCCCCCCCCCCCCCCCCCCCCCCCC(N)=O. The van der Waals surface area contributed by atoms with Crippen molar-refractivity contribution in [3.63, 3.8) is 0 Å². The van der Waals surface area contributed by atoms with Crippen LogP contribution in [0.4, 0.5) is 0 Å². The van der Waals surface area contributed by atoms with Crippen LogP contribution in [0.15, 0.2) is 0 Å². The minimum absolute atomic E-state index is 0.149. The Morgan fingerprint density at radius 2 is 0.677 bits per heavy atom. The largest absolute Gasteiger partial charge is 0.370 e. The van der Waals surface area contributed by atoms with Gasteiger partial charge in [0.1, 0.15) is 0 Å². The topological polar surface area (TPSA) is 43.1 Å². The number of hydrogen-bond donors (Lipinski definition) is 1. The van der Waals surface area contributed by atoms with Crippen LogP contribution in [-0.4, -0.2) is 5.91 Å². The molecule has 0 aliphatic rings. The molecule has 0 aliphatic heterocycles. The molecule has 0 radical (unpaired) electrons. The van der Waals surface area contributed by atoms with Gasteiger partial charge in [0.05, 0.1) is 0 Å². The minimum atomic E-state index is -0.149. The fraction of sp³-hybridized carbons (Fsp3) is 0.966. The molecule has 2 nitrogen and oxygen atoms in total. The standard InChI is InChI=1S/C29H59NO/c1-28(2)26-24-22-20-18-16-14-12-10-8-6-4-3-5-7-9-11-13-15-17-19-21-23-25-27-29(30)31/h28H,3-27H2,1-2H3,(H2,30,31). The van der Waals surface area contributed by atoms with E-state index in [9.17, 15) is 4.79 Å². The van der Waals surface area contributed by atoms with Crippen LogP contribution in [0.2, 0.25) is 0 Å². The molecule has 0 saturated carbocycles. The summed E-state index contributed by atoms with van der Waals surface area (Å²) in [5.74, 6) is 0.739. The molecule has 0 atom stereocenters. The highest BCUT2D eigenvalue weighted by atomic mass is 16.1. The molecule has 1 amide bonds. The molecular formula is C29H59NO. The fourth-order valence-corrected chi connectivity index (χ4v) is 4.56. The van der Waals surface area contributed by atoms with Crippen molar-refractivity contribution in [1.29, 1.82) is 0 Å². The van der Waals surface area contributed by atoms with Gasteiger partial charge in [0, 0.05) is 6.42 Å². The van der Waals surface area contributed by atoms with E-state index in [0.717, 1.165) is 12.3 Å². The number of nitrogens with two attached hydrogens (primary N) is 1. The first-order valence-corrected chi connectivity index (χ1v) is 14.4. The summed E-state index contributed by atoms with van der Waals surface area (Å²) in [6.45, 7) is 4.68. The third-order valence-corrected chi connectivity index (χ3v) is 6.70. The highest BCUT2D eigenvalue weighted by Crippen LogP contribution is 2.16. The van der Waals surface area contributed by atoms with Crippen LogP contribution in [0.3, 0.4) is 0 Å². The van der Waals surface area contributed by atoms with Gasteiger partial charge in [-0.15, -0.1) is 0 Å². The lowest BCUT2D eigenvalue weighted by Crippen LogP contribution is -2.09. The second-order valence-corrected chi connectivity index (χ2v) is 10.5. The van der Waals surface area contributed by atoms with E-state index in [4.69, 9.17) is 5.73 Å². The van der Waals surface area contributed by atoms with Crippen LogP contribution in [0.1, 0.15) is 174 Å². The first-order chi connectivity index (χ1) is 15.1. The van der Waals surface area contributed by atoms with Gasteiger partial charge >= 0.3 is 0 Å². The number of carbonyl (C=O) groups is 1. The first kappa shape index (κ1) is 30.5. The molecule has 0 aromatic carbocycles. The van der Waals surface area contributed by atoms with Crippen LogP contribution < -0.4 is 5.73 Å². The van der Waals surface area contributed by atoms with Crippen LogP contribution in [0, 0.1) is 5.92 Å². The van der Waals surface area contributed by atoms with E-state index in [0.29, 0.717) is 6.42 Å². The molecule has 186 valence electrons. The Balaban J connectivity index is 3.01. The molecule has 0 aromatic heterocycles. The highest BCUT2D eigenvalue weighted by molar-refractivity contribution is 5.73. The summed E-state index contributed by atoms with van der Waals surface area (Å²) in [5, 5.41) is 0. The van der Waals surface area contributed by atoms with Gasteiger partial charge in [0.2, 0.25) is 5.91 Å². The summed E-state index contributed by atoms with van der Waals surface area (Å²) in [6, 6.07) is 0. The molecular weight excluding hydrogens is 378 g/mol. The highest BCUT2D eigenvalue weighted by Gasteiger charge is 1.97. The van der Waals surface area contributed by atoms with E-state index >= 15 is 0 Å². The third-order valence-electron chi connectivity index (χ3n) is 6.70. The summed E-state index contributed by atoms with van der Waals surface area (Å²) in [4.78, 5) is 10.7. The van der Waals surface area contributed by atoms with Gasteiger partial charge in [-0.2, -0.15) is 0 Å². The van der Waals surface area contributed by atoms with Gasteiger partial charge in [0.25, 0.3) is 0 Å². The molecule has 0 unspecified atom stereocenters. The zero-order chi connectivity index (χ0) is 22.8. The molecule has 0 rings (SSSR count). The van der Waals surface area contributed by atoms with E-state index in [1.807, 2.05) is 0 Å². The Hall–Kier alpha value is -0.530. The number of hydrogen-bond acceptors (Lipinski definition) is 1. The summed E-state index contributed by atoms with van der Waals surface area (Å²) in [5.41, 5.74) is 5.15. The van der Waals surface area contributed by atoms with Crippen molar-refractivity contribution < 1.29 is 4.79 Å². The molecule has 0 aromatic rings. The number of rotatable bonds is 26. The normalized spacial score (nSPS) is 11.5. The van der Waals surface area contributed by atoms with Gasteiger partial charge < -0.3 is 5.73 Å². The molecule has 31 heavy (non-hydrogen) atoms. The Kier molecular flexibility index (Phi) is 25.3. The molecule has 0 saturated heterocycles. The smallest absolute Gasteiger partial charge is 0.217 e. The van der Waals surface area contributed by atoms with Gasteiger partial charge in [-0.05, 0) is 12.3 Å². The maximum Gasteiger partial charge on any atom is 0.217 e. The molecule has 0 aliphatic carbocycles. The Labute approximate surface area is 196 Å². The van der Waals surface area contributed by atoms with Gasteiger partial charge in [-0.25, -0.2) is 0 Å². The number of carbonyl (C=O) groups excluding carboxylic acids is 1. The van der Waals surface area contributed by atoms with Crippen molar-refractivity contribution in [2.24, 2.45) is 11.7 Å². The maximum atomic E-state index is 10.7. The lowest BCUT2D eigenvalue weighted by atomic mass is 10.0. The zero-order valence-electron chi connectivity index (χ0n) is 21.7. The van der Waals surface area contributed by atoms with E-state index in [-0.39, 0.29) is 5.91 Å². The summed E-state index contributed by atoms with van der Waals surface area (Å²) in [6.07, 6.45) is 34.3. The Morgan fingerprint density at radius 1 is 0.452 bits per heavy atom. The monoisotopic (exact) mass is 437 g/mol. The van der Waals surface area contributed by atoms with Crippen molar-refractivity contribution in [2.75, 3.05) is 0 Å². The zero-order valence-corrected chi connectivity index (χ0v) is 21.7. The van der Waals surface area contributed by atoms with E-state index in [1.165, 1.54) is 148 Å². The van der Waals surface area contributed by atoms with Crippen molar-refractivity contribution in [3.8, 4) is 0 Å². The summed E-state index contributed by atoms with van der Waals surface area (Å²) >= 11 is 0. The van der Waals surface area contributed by atoms with Crippen LogP contribution in [0.5, 0.6) is 0 Å². The second-order valence-electron chi connectivity index (χ2n) is 10.5. The molecule has 2 N–H and O–H groups in total. The first-order valence-electron chi connectivity index (χ1n) is 14.4. The lowest BCUT2D eigenvalue weighted by Gasteiger charge is -2.05. The summed E-state index contributed by atoms with van der Waals surface area (Å²) in [7, 11) is 0. The number of primary amides is 1. The molecule has 0 heterocycles. The Morgan fingerprint density at radius 3 is 0.903 bits per heavy atom. The van der Waals surface area contributed by atoms with E-state index in [1.54, 1.807) is 0 Å². The maximum absolute atomic E-state index is 10.7. The second kappa shape index (κ2) is 25.7. The number of amides is 1. The Bertz CT molecular complexity index is 353. The average molecular weight is 438 g/mol. The van der Waals surface area contributed by atoms with Crippen molar-refractivity contribution in [3.05, 3.63) is 0 Å². The predicted molar refractivity (Wildman–Crippen MR) is 139 cm³/mol. The predicted octanol–water partition coefficient (Wildman–Crippen LogP) is 9.88. The van der Waals surface area contributed by atoms with E-state index in [2.05, 4.69) is 13.8 Å². The van der Waals surface area contributed by atoms with Crippen molar-refractivity contribution in [1.82, 2.24) is 0 Å². The molecule has 0 fully saturated rings. The summed E-state index contributed by atoms with van der Waals surface area (Å²) < 4.78 is 0. The van der Waals surface area contributed by atoms with E-state index < -0.39 is 0 Å². The quantitative estimate of drug-likeness (QED) is 0.134. The third kappa shape index (κ3) is 29.5. The fourth-order valence-electron chi connectivity index (χ4n) is 4.56. The van der Waals surface area contributed by atoms with Gasteiger partial charge in [0.15, 0.2) is 0 Å². The van der Waals surface area contributed by atoms with Crippen molar-refractivity contribution in [2.45, 2.75) is 174 Å². The molecule has 0 bridgehead atoms. The number of unbranched alkanes of at least 4 members (excludes halogenated alkanes) is 22. The minimum Gasteiger partial charge on any atom is -0.370 e. The van der Waals surface area contributed by atoms with Gasteiger partial charge in [-0.3, -0.25) is 4.79 Å². The average Bonchev–Trinajstić information content (AvgIpc) is 2.73. The van der Waals surface area contributed by atoms with Crippen molar-refractivity contribution >= 4 is 5.91 Å². The lowest BCUT2D eigenvalue weighted by molar-refractivity contribution is -0.118. The van der Waals surface area contributed by atoms with Crippen LogP contribution in [0.25, 0.3) is 0 Å².